The average molecular weight is 473 g/mol. The number of benzene rings is 3. The molecule has 2 N–H and O–H groups in total. The van der Waals surface area contributed by atoms with Gasteiger partial charge in [-0.3, -0.25) is 4.90 Å². The van der Waals surface area contributed by atoms with Crippen molar-refractivity contribution in [3.63, 3.8) is 0 Å². The highest BCUT2D eigenvalue weighted by Crippen LogP contribution is 2.41. The number of likely N-dealkylation sites (tertiary alicyclic amines) is 1. The summed E-state index contributed by atoms with van der Waals surface area (Å²) in [6.45, 7) is 1.39. The van der Waals surface area contributed by atoms with Crippen LogP contribution in [0.3, 0.4) is 0 Å². The van der Waals surface area contributed by atoms with Gasteiger partial charge in [-0.2, -0.15) is 0 Å². The van der Waals surface area contributed by atoms with E-state index in [1.807, 2.05) is 66.7 Å². The van der Waals surface area contributed by atoms with Crippen LogP contribution in [0.25, 0.3) is 0 Å². The molecule has 1 fully saturated rings. The second kappa shape index (κ2) is 8.49. The van der Waals surface area contributed by atoms with Gasteiger partial charge >= 0.3 is 0 Å². The molecule has 1 saturated heterocycles. The predicted octanol–water partition coefficient (Wildman–Crippen LogP) is 5.71. The van der Waals surface area contributed by atoms with Crippen molar-refractivity contribution < 1.29 is 10.2 Å². The van der Waals surface area contributed by atoms with E-state index in [9.17, 15) is 10.2 Å². The number of halogens is 2. The molecule has 1 atom stereocenters. The van der Waals surface area contributed by atoms with Crippen molar-refractivity contribution >= 4 is 27.5 Å². The van der Waals surface area contributed by atoms with E-state index in [2.05, 4.69) is 20.8 Å². The Balaban J connectivity index is 1.74. The van der Waals surface area contributed by atoms with Crippen molar-refractivity contribution in [2.45, 2.75) is 31.0 Å². The summed E-state index contributed by atoms with van der Waals surface area (Å²) in [6, 6.07) is 23.0. The Labute approximate surface area is 184 Å². The zero-order valence-corrected chi connectivity index (χ0v) is 18.3. The summed E-state index contributed by atoms with van der Waals surface area (Å²) in [5.41, 5.74) is 1.41. The molecule has 1 aliphatic rings. The van der Waals surface area contributed by atoms with Crippen LogP contribution in [-0.4, -0.2) is 27.7 Å². The van der Waals surface area contributed by atoms with Crippen LogP contribution in [0.2, 0.25) is 5.02 Å². The number of phenolic OH excluding ortho intramolecular Hbond substituents is 1. The van der Waals surface area contributed by atoms with Crippen LogP contribution in [0, 0.1) is 0 Å². The third kappa shape index (κ3) is 3.95. The van der Waals surface area contributed by atoms with Gasteiger partial charge in [-0.15, -0.1) is 0 Å². The molecule has 0 aromatic heterocycles. The first kappa shape index (κ1) is 20.4. The third-order valence-electron chi connectivity index (χ3n) is 5.77. The number of aromatic hydroxyl groups is 1. The van der Waals surface area contributed by atoms with Gasteiger partial charge in [0.2, 0.25) is 0 Å². The van der Waals surface area contributed by atoms with Crippen LogP contribution in [0.4, 0.5) is 0 Å². The molecule has 0 amide bonds. The van der Waals surface area contributed by atoms with Gasteiger partial charge in [0, 0.05) is 22.6 Å². The lowest BCUT2D eigenvalue weighted by Gasteiger charge is -2.40. The fourth-order valence-corrected chi connectivity index (χ4v) is 4.90. The minimum Gasteiger partial charge on any atom is -0.508 e. The molecule has 0 spiro atoms. The molecular formula is C24H23BrClNO2. The van der Waals surface area contributed by atoms with Gasteiger partial charge in [0.25, 0.3) is 0 Å². The number of hydrogen-bond donors (Lipinski definition) is 2. The maximum absolute atomic E-state index is 12.1. The van der Waals surface area contributed by atoms with E-state index in [1.54, 1.807) is 6.07 Å². The lowest BCUT2D eigenvalue weighted by Crippen LogP contribution is -2.48. The summed E-state index contributed by atoms with van der Waals surface area (Å²) in [6.07, 6.45) is 1.86. The Morgan fingerprint density at radius 3 is 2.17 bits per heavy atom. The van der Waals surface area contributed by atoms with Crippen LogP contribution in [0.15, 0.2) is 77.3 Å². The molecule has 0 aliphatic carbocycles. The molecule has 3 nitrogen and oxygen atoms in total. The molecule has 0 saturated carbocycles. The first-order valence-electron chi connectivity index (χ1n) is 9.74. The lowest BCUT2D eigenvalue weighted by atomic mass is 9.79. The first-order valence-corrected chi connectivity index (χ1v) is 10.9. The highest BCUT2D eigenvalue weighted by atomic mass is 79.9. The van der Waals surface area contributed by atoms with Gasteiger partial charge < -0.3 is 10.2 Å². The third-order valence-corrected chi connectivity index (χ3v) is 6.97. The van der Waals surface area contributed by atoms with Gasteiger partial charge in [0.1, 0.15) is 11.4 Å². The van der Waals surface area contributed by atoms with E-state index in [4.69, 9.17) is 11.6 Å². The summed E-state index contributed by atoms with van der Waals surface area (Å²) in [7, 11) is 0. The highest BCUT2D eigenvalue weighted by Gasteiger charge is 2.45. The molecule has 1 aliphatic heterocycles. The predicted molar refractivity (Wildman–Crippen MR) is 120 cm³/mol. The molecule has 3 aromatic rings. The quantitative estimate of drug-likeness (QED) is 0.500. The smallest absolute Gasteiger partial charge is 0.130 e. The van der Waals surface area contributed by atoms with E-state index in [1.165, 1.54) is 0 Å². The first-order chi connectivity index (χ1) is 14.0. The second-order valence-corrected chi connectivity index (χ2v) is 8.78. The highest BCUT2D eigenvalue weighted by molar-refractivity contribution is 9.10. The normalized spacial score (nSPS) is 17.6. The van der Waals surface area contributed by atoms with Crippen molar-refractivity contribution in [3.05, 3.63) is 99.0 Å². The summed E-state index contributed by atoms with van der Waals surface area (Å²) in [5, 5.41) is 23.0. The Kier molecular flexibility index (Phi) is 5.98. The summed E-state index contributed by atoms with van der Waals surface area (Å²) in [4.78, 5) is 2.26. The fourth-order valence-electron chi connectivity index (χ4n) is 4.35. The molecule has 150 valence electrons. The number of aliphatic hydroxyl groups is 1. The zero-order chi connectivity index (χ0) is 20.4. The standard InChI is InChI=1S/C24H23BrClNO2/c25-20-14-17(22(28)15-21(20)26)16-27-13-7-12-23(27)24(29,18-8-3-1-4-9-18)19-10-5-2-6-11-19/h1-6,8-11,14-15,23,28-29H,7,12-13,16H2/t23-/m1/s1. The number of nitrogens with zero attached hydrogens (tertiary/aromatic N) is 1. The van der Waals surface area contributed by atoms with Crippen LogP contribution < -0.4 is 0 Å². The maximum atomic E-state index is 12.1. The molecule has 5 heteroatoms. The molecule has 1 heterocycles. The molecule has 3 aromatic carbocycles. The van der Waals surface area contributed by atoms with E-state index in [-0.39, 0.29) is 11.8 Å². The molecule has 0 unspecified atom stereocenters. The average Bonchev–Trinajstić information content (AvgIpc) is 3.21. The topological polar surface area (TPSA) is 43.7 Å². The summed E-state index contributed by atoms with van der Waals surface area (Å²) in [5.74, 6) is 0.173. The van der Waals surface area contributed by atoms with Crippen molar-refractivity contribution in [1.82, 2.24) is 4.90 Å². The van der Waals surface area contributed by atoms with Crippen molar-refractivity contribution in [3.8, 4) is 5.75 Å². The van der Waals surface area contributed by atoms with E-state index >= 15 is 0 Å². The fraction of sp³-hybridized carbons (Fsp3) is 0.250. The molecule has 29 heavy (non-hydrogen) atoms. The molecule has 0 radical (unpaired) electrons. The number of hydrogen-bond acceptors (Lipinski definition) is 3. The van der Waals surface area contributed by atoms with Crippen molar-refractivity contribution in [1.29, 1.82) is 0 Å². The van der Waals surface area contributed by atoms with Gasteiger partial charge in [0.15, 0.2) is 0 Å². The Morgan fingerprint density at radius 1 is 1.00 bits per heavy atom. The van der Waals surface area contributed by atoms with Gasteiger partial charge in [-0.05, 0) is 58.6 Å². The SMILES string of the molecule is Oc1cc(Cl)c(Br)cc1CN1CCC[C@@H]1C(O)(c1ccccc1)c1ccccc1. The zero-order valence-electron chi connectivity index (χ0n) is 15.9. The summed E-state index contributed by atoms with van der Waals surface area (Å²) >= 11 is 9.55. The summed E-state index contributed by atoms with van der Waals surface area (Å²) < 4.78 is 0.754. The Bertz CT molecular complexity index is 941. The van der Waals surface area contributed by atoms with Crippen LogP contribution in [-0.2, 0) is 12.1 Å². The Morgan fingerprint density at radius 2 is 1.59 bits per heavy atom. The van der Waals surface area contributed by atoms with Crippen LogP contribution in [0.1, 0.15) is 29.5 Å². The number of phenols is 1. The monoisotopic (exact) mass is 471 g/mol. The minimum absolute atomic E-state index is 0.110. The molecule has 4 rings (SSSR count). The van der Waals surface area contributed by atoms with Crippen LogP contribution in [0.5, 0.6) is 5.75 Å². The van der Waals surface area contributed by atoms with Gasteiger partial charge in [-0.25, -0.2) is 0 Å². The van der Waals surface area contributed by atoms with Crippen molar-refractivity contribution in [2.75, 3.05) is 6.54 Å². The largest absolute Gasteiger partial charge is 0.508 e. The van der Waals surface area contributed by atoms with Crippen molar-refractivity contribution in [2.24, 2.45) is 0 Å². The van der Waals surface area contributed by atoms with E-state index < -0.39 is 5.60 Å². The Hall–Kier alpha value is -1.85. The van der Waals surface area contributed by atoms with Crippen LogP contribution >= 0.6 is 27.5 Å². The minimum atomic E-state index is -1.14. The van der Waals surface area contributed by atoms with Gasteiger partial charge in [-0.1, -0.05) is 72.3 Å². The molecular weight excluding hydrogens is 450 g/mol. The maximum Gasteiger partial charge on any atom is 0.130 e. The molecule has 0 bridgehead atoms. The van der Waals surface area contributed by atoms with E-state index in [0.29, 0.717) is 11.6 Å². The second-order valence-electron chi connectivity index (χ2n) is 7.52. The van der Waals surface area contributed by atoms with E-state index in [0.717, 1.165) is 40.5 Å². The van der Waals surface area contributed by atoms with Gasteiger partial charge in [0.05, 0.1) is 5.02 Å². The number of rotatable bonds is 5. The lowest BCUT2D eigenvalue weighted by molar-refractivity contribution is -0.00672.